The normalized spacial score (nSPS) is 18.5. The number of pyridine rings is 1. The van der Waals surface area contributed by atoms with Gasteiger partial charge in [0.2, 0.25) is 5.95 Å². The molecule has 5 rings (SSSR count). The van der Waals surface area contributed by atoms with E-state index < -0.39 is 9.84 Å². The third-order valence-electron chi connectivity index (χ3n) is 6.80. The van der Waals surface area contributed by atoms with Gasteiger partial charge in [-0.15, -0.1) is 0 Å². The van der Waals surface area contributed by atoms with Crippen molar-refractivity contribution in [2.75, 3.05) is 23.0 Å². The van der Waals surface area contributed by atoms with Gasteiger partial charge in [-0.2, -0.15) is 0 Å². The van der Waals surface area contributed by atoms with Crippen LogP contribution >= 0.6 is 0 Å². The summed E-state index contributed by atoms with van der Waals surface area (Å²) in [6.07, 6.45) is 13.5. The molecule has 188 valence electrons. The molecule has 4 aromatic heterocycles. The van der Waals surface area contributed by atoms with E-state index in [1.807, 2.05) is 24.8 Å². The van der Waals surface area contributed by atoms with Crippen molar-refractivity contribution in [2.24, 2.45) is 0 Å². The number of anilines is 3. The molecule has 1 fully saturated rings. The Kier molecular flexibility index (Phi) is 6.33. The van der Waals surface area contributed by atoms with Gasteiger partial charge in [-0.05, 0) is 50.8 Å². The summed E-state index contributed by atoms with van der Waals surface area (Å²) in [7, 11) is -3.37. The topological polar surface area (TPSA) is 118 Å². The summed E-state index contributed by atoms with van der Waals surface area (Å²) < 4.78 is 25.7. The molecule has 0 radical (unpaired) electrons. The third kappa shape index (κ3) is 4.62. The molecule has 1 aliphatic rings. The number of aryl methyl sites for hydroxylation is 2. The molecule has 10 nitrogen and oxygen atoms in total. The molecule has 0 spiro atoms. The molecular formula is C25H30N8O2S. The van der Waals surface area contributed by atoms with E-state index in [2.05, 4.69) is 53.4 Å². The van der Waals surface area contributed by atoms with E-state index in [0.717, 1.165) is 49.3 Å². The first kappa shape index (κ1) is 24.1. The van der Waals surface area contributed by atoms with Crippen molar-refractivity contribution >= 4 is 32.9 Å². The van der Waals surface area contributed by atoms with Gasteiger partial charge in [0.25, 0.3) is 0 Å². The maximum absolute atomic E-state index is 11.8. The molecular weight excluding hydrogens is 476 g/mol. The zero-order valence-corrected chi connectivity index (χ0v) is 21.7. The molecule has 0 aliphatic carbocycles. The van der Waals surface area contributed by atoms with Crippen LogP contribution in [0, 0.1) is 6.92 Å². The zero-order chi connectivity index (χ0) is 25.4. The highest BCUT2D eigenvalue weighted by Crippen LogP contribution is 2.34. The highest BCUT2D eigenvalue weighted by molar-refractivity contribution is 7.90. The minimum atomic E-state index is -3.37. The first-order chi connectivity index (χ1) is 17.2. The number of piperidine rings is 1. The van der Waals surface area contributed by atoms with Crippen LogP contribution in [0.1, 0.15) is 49.6 Å². The molecule has 4 aromatic rings. The Morgan fingerprint density at radius 3 is 2.56 bits per heavy atom. The Labute approximate surface area is 210 Å². The van der Waals surface area contributed by atoms with Crippen LogP contribution < -0.4 is 10.2 Å². The number of rotatable bonds is 6. The van der Waals surface area contributed by atoms with Crippen molar-refractivity contribution in [1.29, 1.82) is 0 Å². The Morgan fingerprint density at radius 1 is 1.11 bits per heavy atom. The van der Waals surface area contributed by atoms with Gasteiger partial charge in [-0.3, -0.25) is 4.40 Å². The maximum atomic E-state index is 11.8. The number of sulfone groups is 1. The van der Waals surface area contributed by atoms with Crippen molar-refractivity contribution in [3.63, 3.8) is 0 Å². The van der Waals surface area contributed by atoms with Crippen LogP contribution in [0.2, 0.25) is 0 Å². The maximum Gasteiger partial charge on any atom is 0.225 e. The van der Waals surface area contributed by atoms with Crippen molar-refractivity contribution in [2.45, 2.75) is 57.0 Å². The number of hydrogen-bond acceptors (Lipinski definition) is 9. The van der Waals surface area contributed by atoms with Crippen LogP contribution in [0.5, 0.6) is 0 Å². The van der Waals surface area contributed by atoms with Gasteiger partial charge in [0.15, 0.2) is 26.3 Å². The quantitative estimate of drug-likeness (QED) is 0.417. The second-order valence-corrected chi connectivity index (χ2v) is 11.3. The van der Waals surface area contributed by atoms with E-state index in [-0.39, 0.29) is 5.03 Å². The predicted octanol–water partition coefficient (Wildman–Crippen LogP) is 3.70. The van der Waals surface area contributed by atoms with Gasteiger partial charge >= 0.3 is 0 Å². The van der Waals surface area contributed by atoms with Crippen molar-refractivity contribution in [3.8, 4) is 0 Å². The molecule has 5 heterocycles. The molecule has 0 aromatic carbocycles. The van der Waals surface area contributed by atoms with E-state index in [1.165, 1.54) is 6.07 Å². The van der Waals surface area contributed by atoms with Gasteiger partial charge in [0.1, 0.15) is 0 Å². The minimum Gasteiger partial charge on any atom is -0.338 e. The number of fused-ring (bicyclic) bond motifs is 1. The fourth-order valence-electron chi connectivity index (χ4n) is 4.75. The molecule has 1 N–H and O–H groups in total. The summed E-state index contributed by atoms with van der Waals surface area (Å²) in [5, 5.41) is 3.33. The van der Waals surface area contributed by atoms with E-state index in [0.29, 0.717) is 34.8 Å². The van der Waals surface area contributed by atoms with Crippen LogP contribution in [-0.2, 0) is 16.3 Å². The van der Waals surface area contributed by atoms with Gasteiger partial charge < -0.3 is 10.2 Å². The smallest absolute Gasteiger partial charge is 0.225 e. The second-order valence-electron chi connectivity index (χ2n) is 9.34. The van der Waals surface area contributed by atoms with Crippen LogP contribution in [0.25, 0.3) is 5.65 Å². The molecule has 1 aliphatic heterocycles. The SMILES string of the molecule is CCc1cnc(N2CCC(c3cnc4c(Nc5ccc(S(C)(=O)=O)nc5C)nccn34)CC2C)nc1. The number of nitrogens with one attached hydrogen (secondary N) is 1. The predicted molar refractivity (Wildman–Crippen MR) is 139 cm³/mol. The number of hydrogen-bond donors (Lipinski definition) is 1. The molecule has 2 unspecified atom stereocenters. The Bertz CT molecular complexity index is 1500. The summed E-state index contributed by atoms with van der Waals surface area (Å²) in [6, 6.07) is 3.50. The lowest BCUT2D eigenvalue weighted by Gasteiger charge is -2.37. The van der Waals surface area contributed by atoms with Gasteiger partial charge in [0.05, 0.1) is 11.4 Å². The number of imidazole rings is 1. The summed E-state index contributed by atoms with van der Waals surface area (Å²) >= 11 is 0. The molecule has 36 heavy (non-hydrogen) atoms. The lowest BCUT2D eigenvalue weighted by atomic mass is 9.89. The standard InChI is InChI=1S/C25H30N8O2S/c1-5-18-13-28-25(29-14-18)32-10-8-19(12-16(32)2)21-15-27-24-23(26-9-11-33(21)24)31-20-6-7-22(30-17(20)3)36(4,34)35/h6-7,9,11,13-16,19H,5,8,10,12H2,1-4H3,(H,26,31). The van der Waals surface area contributed by atoms with E-state index in [9.17, 15) is 8.42 Å². The highest BCUT2D eigenvalue weighted by atomic mass is 32.2. The largest absolute Gasteiger partial charge is 0.338 e. The average molecular weight is 507 g/mol. The molecule has 0 saturated carbocycles. The number of nitrogens with zero attached hydrogens (tertiary/aromatic N) is 7. The summed E-state index contributed by atoms with van der Waals surface area (Å²) in [5.74, 6) is 1.72. The molecule has 11 heteroatoms. The first-order valence-corrected chi connectivity index (χ1v) is 14.0. The Morgan fingerprint density at radius 2 is 1.89 bits per heavy atom. The average Bonchev–Trinajstić information content (AvgIpc) is 3.30. The van der Waals surface area contributed by atoms with Gasteiger partial charge in [-0.1, -0.05) is 6.92 Å². The number of aromatic nitrogens is 6. The lowest BCUT2D eigenvalue weighted by Crippen LogP contribution is -2.41. The summed E-state index contributed by atoms with van der Waals surface area (Å²) in [6.45, 7) is 6.96. The van der Waals surface area contributed by atoms with E-state index in [4.69, 9.17) is 0 Å². The summed E-state index contributed by atoms with van der Waals surface area (Å²) in [4.78, 5) is 24.8. The molecule has 0 bridgehead atoms. The molecule has 2 atom stereocenters. The third-order valence-corrected chi connectivity index (χ3v) is 7.79. The lowest BCUT2D eigenvalue weighted by molar-refractivity contribution is 0.418. The van der Waals surface area contributed by atoms with Gasteiger partial charge in [0, 0.05) is 61.4 Å². The van der Waals surface area contributed by atoms with Crippen LogP contribution in [0.4, 0.5) is 17.5 Å². The van der Waals surface area contributed by atoms with Crippen molar-refractivity contribution < 1.29 is 8.42 Å². The van der Waals surface area contributed by atoms with Crippen LogP contribution in [0.15, 0.2) is 48.1 Å². The molecule has 1 saturated heterocycles. The van der Waals surface area contributed by atoms with Crippen molar-refractivity contribution in [1.82, 2.24) is 29.3 Å². The van der Waals surface area contributed by atoms with Gasteiger partial charge in [-0.25, -0.2) is 33.3 Å². The Hall–Kier alpha value is -3.60. The van der Waals surface area contributed by atoms with E-state index in [1.54, 1.807) is 19.2 Å². The fourth-order valence-corrected chi connectivity index (χ4v) is 5.37. The zero-order valence-electron chi connectivity index (χ0n) is 20.9. The highest BCUT2D eigenvalue weighted by Gasteiger charge is 2.30. The first-order valence-electron chi connectivity index (χ1n) is 12.1. The monoisotopic (exact) mass is 506 g/mol. The summed E-state index contributed by atoms with van der Waals surface area (Å²) in [5.41, 5.74) is 4.26. The Balaban J connectivity index is 1.36. The van der Waals surface area contributed by atoms with Crippen LogP contribution in [0.3, 0.4) is 0 Å². The van der Waals surface area contributed by atoms with E-state index >= 15 is 0 Å². The fraction of sp³-hybridized carbons (Fsp3) is 0.400. The van der Waals surface area contributed by atoms with Crippen LogP contribution in [-0.4, -0.2) is 56.6 Å². The van der Waals surface area contributed by atoms with Crippen molar-refractivity contribution in [3.05, 3.63) is 60.1 Å². The minimum absolute atomic E-state index is 0.0481. The molecule has 0 amide bonds. The second kappa shape index (κ2) is 9.45.